The standard InChI is InChI=1S/C14H11N3O2S/c15-8-5-6-9(13(18)19)11(7-8)17-14-16-10-3-1-2-4-12(10)20-14/h1-7H,15H2,(H,16,17)(H,18,19). The highest BCUT2D eigenvalue weighted by atomic mass is 32.1. The van der Waals surface area contributed by atoms with E-state index in [4.69, 9.17) is 5.73 Å². The summed E-state index contributed by atoms with van der Waals surface area (Å²) in [6.07, 6.45) is 0. The minimum Gasteiger partial charge on any atom is -0.478 e. The number of nitrogen functional groups attached to an aromatic ring is 1. The van der Waals surface area contributed by atoms with Gasteiger partial charge in [-0.3, -0.25) is 0 Å². The van der Waals surface area contributed by atoms with Crippen LogP contribution in [0.2, 0.25) is 0 Å². The lowest BCUT2D eigenvalue weighted by Crippen LogP contribution is -2.03. The monoisotopic (exact) mass is 285 g/mol. The van der Waals surface area contributed by atoms with Crippen LogP contribution in [-0.4, -0.2) is 16.1 Å². The molecule has 0 aliphatic carbocycles. The second-order valence-electron chi connectivity index (χ2n) is 4.22. The van der Waals surface area contributed by atoms with Gasteiger partial charge in [0.25, 0.3) is 0 Å². The molecule has 0 saturated carbocycles. The van der Waals surface area contributed by atoms with E-state index < -0.39 is 5.97 Å². The maximum absolute atomic E-state index is 11.2. The molecule has 20 heavy (non-hydrogen) atoms. The van der Waals surface area contributed by atoms with Gasteiger partial charge in [0.05, 0.1) is 21.5 Å². The molecule has 0 bridgehead atoms. The summed E-state index contributed by atoms with van der Waals surface area (Å²) in [6, 6.07) is 12.4. The van der Waals surface area contributed by atoms with E-state index in [1.807, 2.05) is 24.3 Å². The molecule has 0 saturated heterocycles. The number of hydrogen-bond donors (Lipinski definition) is 3. The highest BCUT2D eigenvalue weighted by Crippen LogP contribution is 2.30. The minimum atomic E-state index is -1.01. The number of anilines is 3. The van der Waals surface area contributed by atoms with Crippen LogP contribution >= 0.6 is 11.3 Å². The van der Waals surface area contributed by atoms with Crippen molar-refractivity contribution in [3.63, 3.8) is 0 Å². The van der Waals surface area contributed by atoms with E-state index in [-0.39, 0.29) is 5.56 Å². The van der Waals surface area contributed by atoms with Crippen LogP contribution in [0.4, 0.5) is 16.5 Å². The fourth-order valence-corrected chi connectivity index (χ4v) is 2.77. The summed E-state index contributed by atoms with van der Waals surface area (Å²) in [7, 11) is 0. The number of nitrogens with one attached hydrogen (secondary N) is 1. The second-order valence-corrected chi connectivity index (χ2v) is 5.25. The van der Waals surface area contributed by atoms with Crippen molar-refractivity contribution in [2.24, 2.45) is 0 Å². The molecule has 0 aliphatic heterocycles. The molecule has 1 aromatic heterocycles. The molecule has 0 aliphatic rings. The van der Waals surface area contributed by atoms with Gasteiger partial charge in [-0.15, -0.1) is 0 Å². The molecule has 3 rings (SSSR count). The lowest BCUT2D eigenvalue weighted by molar-refractivity contribution is 0.0698. The molecule has 5 nitrogen and oxygen atoms in total. The van der Waals surface area contributed by atoms with E-state index in [1.165, 1.54) is 17.4 Å². The molecule has 0 unspecified atom stereocenters. The first-order chi connectivity index (χ1) is 9.63. The third kappa shape index (κ3) is 2.28. The number of aromatic carboxylic acids is 1. The van der Waals surface area contributed by atoms with E-state index >= 15 is 0 Å². The van der Waals surface area contributed by atoms with Gasteiger partial charge in [0.2, 0.25) is 0 Å². The van der Waals surface area contributed by atoms with Gasteiger partial charge >= 0.3 is 5.97 Å². The van der Waals surface area contributed by atoms with Crippen LogP contribution in [-0.2, 0) is 0 Å². The van der Waals surface area contributed by atoms with Gasteiger partial charge in [0.1, 0.15) is 0 Å². The second kappa shape index (κ2) is 4.82. The number of nitrogens with two attached hydrogens (primary N) is 1. The number of nitrogens with zero attached hydrogens (tertiary/aromatic N) is 1. The molecule has 4 N–H and O–H groups in total. The first-order valence-corrected chi connectivity index (χ1v) is 6.70. The summed E-state index contributed by atoms with van der Waals surface area (Å²) in [5.41, 5.74) is 7.69. The number of aromatic nitrogens is 1. The average molecular weight is 285 g/mol. The Hall–Kier alpha value is -2.60. The fraction of sp³-hybridized carbons (Fsp3) is 0. The number of thiazole rings is 1. The van der Waals surface area contributed by atoms with Crippen molar-refractivity contribution in [1.82, 2.24) is 4.98 Å². The van der Waals surface area contributed by atoms with Crippen molar-refractivity contribution >= 4 is 44.0 Å². The predicted octanol–water partition coefficient (Wildman–Crippen LogP) is 3.32. The molecule has 0 amide bonds. The number of rotatable bonds is 3. The first-order valence-electron chi connectivity index (χ1n) is 5.89. The summed E-state index contributed by atoms with van der Waals surface area (Å²) in [5, 5.41) is 12.8. The van der Waals surface area contributed by atoms with E-state index in [0.29, 0.717) is 16.5 Å². The number of hydrogen-bond acceptors (Lipinski definition) is 5. The minimum absolute atomic E-state index is 0.165. The Labute approximate surface area is 118 Å². The number of para-hydroxylation sites is 1. The van der Waals surface area contributed by atoms with Gasteiger partial charge in [-0.1, -0.05) is 23.5 Å². The van der Waals surface area contributed by atoms with E-state index in [0.717, 1.165) is 10.2 Å². The first kappa shape index (κ1) is 12.4. The normalized spacial score (nSPS) is 10.6. The number of carbonyl (C=O) groups is 1. The van der Waals surface area contributed by atoms with Crippen LogP contribution < -0.4 is 11.1 Å². The summed E-state index contributed by atoms with van der Waals surface area (Å²) in [4.78, 5) is 15.6. The maximum atomic E-state index is 11.2. The Bertz CT molecular complexity index is 765. The van der Waals surface area contributed by atoms with E-state index in [9.17, 15) is 9.90 Å². The van der Waals surface area contributed by atoms with E-state index in [1.54, 1.807) is 12.1 Å². The Kier molecular flexibility index (Phi) is 3.00. The smallest absolute Gasteiger partial charge is 0.337 e. The summed E-state index contributed by atoms with van der Waals surface area (Å²) in [5.74, 6) is -1.01. The Morgan fingerprint density at radius 1 is 1.25 bits per heavy atom. The Morgan fingerprint density at radius 2 is 2.05 bits per heavy atom. The highest BCUT2D eigenvalue weighted by Gasteiger charge is 2.12. The van der Waals surface area contributed by atoms with Crippen molar-refractivity contribution in [3.8, 4) is 0 Å². The van der Waals surface area contributed by atoms with Crippen molar-refractivity contribution < 1.29 is 9.90 Å². The molecule has 0 atom stereocenters. The van der Waals surface area contributed by atoms with Gasteiger partial charge < -0.3 is 16.2 Å². The largest absolute Gasteiger partial charge is 0.478 e. The van der Waals surface area contributed by atoms with Gasteiger partial charge in [0, 0.05) is 5.69 Å². The van der Waals surface area contributed by atoms with Crippen LogP contribution in [0, 0.1) is 0 Å². The van der Waals surface area contributed by atoms with Crippen LogP contribution in [0.15, 0.2) is 42.5 Å². The molecular weight excluding hydrogens is 274 g/mol. The summed E-state index contributed by atoms with van der Waals surface area (Å²) >= 11 is 1.46. The number of fused-ring (bicyclic) bond motifs is 1. The average Bonchev–Trinajstić information content (AvgIpc) is 2.80. The molecule has 0 spiro atoms. The van der Waals surface area contributed by atoms with Crippen molar-refractivity contribution in [1.29, 1.82) is 0 Å². The van der Waals surface area contributed by atoms with Crippen LogP contribution in [0.25, 0.3) is 10.2 Å². The predicted molar refractivity (Wildman–Crippen MR) is 80.7 cm³/mol. The molecule has 3 aromatic rings. The Morgan fingerprint density at radius 3 is 2.80 bits per heavy atom. The zero-order valence-electron chi connectivity index (χ0n) is 10.3. The fourth-order valence-electron chi connectivity index (χ4n) is 1.89. The van der Waals surface area contributed by atoms with Gasteiger partial charge in [0.15, 0.2) is 5.13 Å². The molecule has 0 radical (unpaired) electrons. The molecular formula is C14H11N3O2S. The number of carboxylic acid groups (broad SMARTS) is 1. The van der Waals surface area contributed by atoms with Crippen molar-refractivity contribution in [3.05, 3.63) is 48.0 Å². The third-order valence-electron chi connectivity index (χ3n) is 2.81. The van der Waals surface area contributed by atoms with Crippen LogP contribution in [0.3, 0.4) is 0 Å². The molecule has 1 heterocycles. The maximum Gasteiger partial charge on any atom is 0.337 e. The molecule has 100 valence electrons. The zero-order valence-corrected chi connectivity index (χ0v) is 11.1. The summed E-state index contributed by atoms with van der Waals surface area (Å²) < 4.78 is 1.04. The van der Waals surface area contributed by atoms with Gasteiger partial charge in [-0.05, 0) is 30.3 Å². The topological polar surface area (TPSA) is 88.2 Å². The SMILES string of the molecule is Nc1ccc(C(=O)O)c(Nc2nc3ccccc3s2)c1. The number of benzene rings is 2. The Balaban J connectivity index is 2.01. The summed E-state index contributed by atoms with van der Waals surface area (Å²) in [6.45, 7) is 0. The van der Waals surface area contributed by atoms with Crippen molar-refractivity contribution in [2.45, 2.75) is 0 Å². The molecule has 0 fully saturated rings. The highest BCUT2D eigenvalue weighted by molar-refractivity contribution is 7.22. The van der Waals surface area contributed by atoms with E-state index in [2.05, 4.69) is 10.3 Å². The quantitative estimate of drug-likeness (QED) is 0.642. The lowest BCUT2D eigenvalue weighted by atomic mass is 10.1. The van der Waals surface area contributed by atoms with Crippen LogP contribution in [0.1, 0.15) is 10.4 Å². The lowest BCUT2D eigenvalue weighted by Gasteiger charge is -2.07. The van der Waals surface area contributed by atoms with Crippen molar-refractivity contribution in [2.75, 3.05) is 11.1 Å². The third-order valence-corrected chi connectivity index (χ3v) is 3.76. The van der Waals surface area contributed by atoms with Gasteiger partial charge in [-0.2, -0.15) is 0 Å². The molecule has 6 heteroatoms. The number of carboxylic acids is 1. The zero-order chi connectivity index (χ0) is 14.1. The molecule has 2 aromatic carbocycles. The van der Waals surface area contributed by atoms with Gasteiger partial charge in [-0.25, -0.2) is 9.78 Å². The van der Waals surface area contributed by atoms with Crippen LogP contribution in [0.5, 0.6) is 0 Å².